The van der Waals surface area contributed by atoms with Crippen LogP contribution in [0.1, 0.15) is 41.0 Å². The van der Waals surface area contributed by atoms with E-state index in [2.05, 4.69) is 31.4 Å². The molecule has 0 atom stereocenters. The number of nitrogens with one attached hydrogen (secondary N) is 2. The molecule has 0 heterocycles. The average Bonchev–Trinajstić information content (AvgIpc) is 2.18. The van der Waals surface area contributed by atoms with Gasteiger partial charge in [0.2, 0.25) is 0 Å². The molecule has 0 fully saturated rings. The van der Waals surface area contributed by atoms with Crippen LogP contribution >= 0.6 is 23.2 Å². The Hall–Kier alpha value is -0.930. The molecule has 0 aliphatic carbocycles. The summed E-state index contributed by atoms with van der Waals surface area (Å²) in [5, 5.41) is 6.67. The number of benzene rings is 1. The van der Waals surface area contributed by atoms with Crippen LogP contribution in [0.2, 0.25) is 10.0 Å². The van der Waals surface area contributed by atoms with Crippen molar-refractivity contribution >= 4 is 34.9 Å². The van der Waals surface area contributed by atoms with Gasteiger partial charge in [-0.1, -0.05) is 44.0 Å². The Kier molecular flexibility index (Phi) is 5.33. The van der Waals surface area contributed by atoms with Crippen molar-refractivity contribution in [3.63, 3.8) is 0 Å². The third-order valence-electron chi connectivity index (χ3n) is 2.60. The highest BCUT2D eigenvalue weighted by Gasteiger charge is 2.27. The van der Waals surface area contributed by atoms with Gasteiger partial charge in [0, 0.05) is 10.6 Å². The largest absolute Gasteiger partial charge is 0.333 e. The number of urea groups is 1. The normalized spacial score (nSPS) is 12.2. The van der Waals surface area contributed by atoms with E-state index in [1.165, 1.54) is 0 Å². The second-order valence-corrected chi connectivity index (χ2v) is 7.67. The fourth-order valence-corrected chi connectivity index (χ4v) is 2.76. The zero-order valence-corrected chi connectivity index (χ0v) is 14.1. The molecular formula is C15H22Cl2N2O. The van der Waals surface area contributed by atoms with Gasteiger partial charge in [-0.25, -0.2) is 4.79 Å². The van der Waals surface area contributed by atoms with Gasteiger partial charge in [-0.3, -0.25) is 0 Å². The summed E-state index contributed by atoms with van der Waals surface area (Å²) in [7, 11) is 0. The highest BCUT2D eigenvalue weighted by atomic mass is 35.5. The maximum Gasteiger partial charge on any atom is 0.319 e. The molecule has 20 heavy (non-hydrogen) atoms. The lowest BCUT2D eigenvalue weighted by Crippen LogP contribution is -2.47. The molecule has 112 valence electrons. The zero-order valence-electron chi connectivity index (χ0n) is 12.6. The van der Waals surface area contributed by atoms with Gasteiger partial charge in [0.25, 0.3) is 0 Å². The second kappa shape index (κ2) is 6.23. The van der Waals surface area contributed by atoms with Crippen LogP contribution in [0, 0.1) is 5.41 Å². The van der Waals surface area contributed by atoms with Gasteiger partial charge in [-0.2, -0.15) is 0 Å². The van der Waals surface area contributed by atoms with Crippen molar-refractivity contribution in [1.29, 1.82) is 0 Å². The third kappa shape index (κ3) is 6.02. The first-order chi connectivity index (χ1) is 8.98. The minimum atomic E-state index is -0.312. The molecule has 0 bridgehead atoms. The standard InChI is InChI=1S/C15H22Cl2N2O/c1-14(2,3)9-15(4,5)19-13(20)18-12-8-10(16)6-7-11(12)17/h6-8H,9H2,1-5H3,(H2,18,19,20). The van der Waals surface area contributed by atoms with E-state index in [1.54, 1.807) is 18.2 Å². The first-order valence-corrected chi connectivity index (χ1v) is 7.28. The smallest absolute Gasteiger partial charge is 0.319 e. The summed E-state index contributed by atoms with van der Waals surface area (Å²) in [4.78, 5) is 12.1. The van der Waals surface area contributed by atoms with Gasteiger partial charge in [-0.05, 0) is 43.9 Å². The van der Waals surface area contributed by atoms with E-state index in [4.69, 9.17) is 23.2 Å². The molecule has 0 saturated carbocycles. The van der Waals surface area contributed by atoms with Crippen molar-refractivity contribution in [1.82, 2.24) is 5.32 Å². The van der Waals surface area contributed by atoms with Crippen LogP contribution < -0.4 is 10.6 Å². The fourth-order valence-electron chi connectivity index (χ4n) is 2.42. The van der Waals surface area contributed by atoms with Crippen molar-refractivity contribution < 1.29 is 4.79 Å². The maximum absolute atomic E-state index is 12.1. The highest BCUT2D eigenvalue weighted by Crippen LogP contribution is 2.28. The van der Waals surface area contributed by atoms with Gasteiger partial charge in [0.1, 0.15) is 0 Å². The summed E-state index contributed by atoms with van der Waals surface area (Å²) >= 11 is 11.9. The van der Waals surface area contributed by atoms with Gasteiger partial charge in [-0.15, -0.1) is 0 Å². The number of carbonyl (C=O) groups is 1. The molecule has 1 rings (SSSR count). The van der Waals surface area contributed by atoms with Gasteiger partial charge in [0.05, 0.1) is 10.7 Å². The monoisotopic (exact) mass is 316 g/mol. The maximum atomic E-state index is 12.1. The zero-order chi connectivity index (χ0) is 15.6. The van der Waals surface area contributed by atoms with Gasteiger partial charge < -0.3 is 10.6 Å². The van der Waals surface area contributed by atoms with Crippen LogP contribution in [0.3, 0.4) is 0 Å². The highest BCUT2D eigenvalue weighted by molar-refractivity contribution is 6.35. The third-order valence-corrected chi connectivity index (χ3v) is 3.17. The Morgan fingerprint density at radius 2 is 1.75 bits per heavy atom. The molecule has 2 N–H and O–H groups in total. The number of carbonyl (C=O) groups excluding carboxylic acids is 1. The Morgan fingerprint density at radius 3 is 2.30 bits per heavy atom. The molecule has 0 unspecified atom stereocenters. The molecule has 0 aliphatic rings. The van der Waals surface area contributed by atoms with Crippen LogP contribution in [-0.2, 0) is 0 Å². The molecule has 1 aromatic carbocycles. The Labute approximate surface area is 131 Å². The Morgan fingerprint density at radius 1 is 1.15 bits per heavy atom. The lowest BCUT2D eigenvalue weighted by atomic mass is 9.82. The molecule has 0 aromatic heterocycles. The lowest BCUT2D eigenvalue weighted by Gasteiger charge is -2.33. The number of hydrogen-bond acceptors (Lipinski definition) is 1. The van der Waals surface area contributed by atoms with Crippen LogP contribution in [0.25, 0.3) is 0 Å². The summed E-state index contributed by atoms with van der Waals surface area (Å²) in [5.41, 5.74) is 0.320. The average molecular weight is 317 g/mol. The molecule has 0 aliphatic heterocycles. The van der Waals surface area contributed by atoms with Crippen molar-refractivity contribution in [3.05, 3.63) is 28.2 Å². The minimum Gasteiger partial charge on any atom is -0.333 e. The first-order valence-electron chi connectivity index (χ1n) is 6.53. The first kappa shape index (κ1) is 17.1. The minimum absolute atomic E-state index is 0.129. The lowest BCUT2D eigenvalue weighted by molar-refractivity contribution is 0.220. The number of anilines is 1. The molecule has 0 radical (unpaired) electrons. The SMILES string of the molecule is CC(C)(C)CC(C)(C)NC(=O)Nc1cc(Cl)ccc1Cl. The number of halogens is 2. The van der Waals surface area contributed by atoms with Crippen molar-refractivity contribution in [3.8, 4) is 0 Å². The molecule has 1 aromatic rings. The van der Waals surface area contributed by atoms with Crippen LogP contribution in [0.5, 0.6) is 0 Å². The van der Waals surface area contributed by atoms with E-state index < -0.39 is 0 Å². The van der Waals surface area contributed by atoms with Crippen molar-refractivity contribution in [2.75, 3.05) is 5.32 Å². The topological polar surface area (TPSA) is 41.1 Å². The number of rotatable bonds is 3. The summed E-state index contributed by atoms with van der Waals surface area (Å²) < 4.78 is 0. The summed E-state index contributed by atoms with van der Waals surface area (Å²) in [5.74, 6) is 0. The van der Waals surface area contributed by atoms with Crippen molar-refractivity contribution in [2.24, 2.45) is 5.41 Å². The molecular weight excluding hydrogens is 295 g/mol. The van der Waals surface area contributed by atoms with E-state index >= 15 is 0 Å². The van der Waals surface area contributed by atoms with E-state index in [1.807, 2.05) is 13.8 Å². The molecule has 5 heteroatoms. The molecule has 2 amide bonds. The van der Waals surface area contributed by atoms with Crippen LogP contribution in [-0.4, -0.2) is 11.6 Å². The number of hydrogen-bond donors (Lipinski definition) is 2. The fraction of sp³-hybridized carbons (Fsp3) is 0.533. The van der Waals surface area contributed by atoms with Crippen molar-refractivity contribution in [2.45, 2.75) is 46.6 Å². The number of amides is 2. The summed E-state index contributed by atoms with van der Waals surface area (Å²) in [6.07, 6.45) is 0.858. The van der Waals surface area contributed by atoms with Gasteiger partial charge >= 0.3 is 6.03 Å². The summed E-state index contributed by atoms with van der Waals surface area (Å²) in [6, 6.07) is 4.67. The Bertz CT molecular complexity index is 493. The predicted octanol–water partition coefficient (Wildman–Crippen LogP) is 5.33. The van der Waals surface area contributed by atoms with E-state index in [9.17, 15) is 4.79 Å². The predicted molar refractivity (Wildman–Crippen MR) is 86.8 cm³/mol. The molecule has 0 saturated heterocycles. The van der Waals surface area contributed by atoms with Crippen LogP contribution in [0.15, 0.2) is 18.2 Å². The van der Waals surface area contributed by atoms with E-state index in [0.717, 1.165) is 6.42 Å². The Balaban J connectivity index is 2.70. The molecule has 0 spiro atoms. The molecule has 3 nitrogen and oxygen atoms in total. The van der Waals surface area contributed by atoms with Gasteiger partial charge in [0.15, 0.2) is 0 Å². The summed E-state index contributed by atoms with van der Waals surface area (Å²) in [6.45, 7) is 10.4. The van der Waals surface area contributed by atoms with E-state index in [0.29, 0.717) is 15.7 Å². The quantitative estimate of drug-likeness (QED) is 0.777. The second-order valence-electron chi connectivity index (χ2n) is 6.82. The van der Waals surface area contributed by atoms with Crippen LogP contribution in [0.4, 0.5) is 10.5 Å². The van der Waals surface area contributed by atoms with E-state index in [-0.39, 0.29) is 17.0 Å².